The van der Waals surface area contributed by atoms with Gasteiger partial charge in [-0.1, -0.05) is 30.5 Å². The molecule has 2 N–H and O–H groups in total. The Morgan fingerprint density at radius 1 is 1.31 bits per heavy atom. The minimum absolute atomic E-state index is 0.0651. The van der Waals surface area contributed by atoms with E-state index in [0.29, 0.717) is 12.0 Å². The summed E-state index contributed by atoms with van der Waals surface area (Å²) in [5.74, 6) is -0.0277. The first-order valence-corrected chi connectivity index (χ1v) is 9.30. The van der Waals surface area contributed by atoms with Gasteiger partial charge in [-0.2, -0.15) is 5.10 Å². The molecule has 3 aliphatic rings. The molecule has 7 heteroatoms. The SMILES string of the molecule is Cc1ccc(NC(=O)CN2N=CN3NC4CCCCC4C3C2=O)c(C)c1. The highest BCUT2D eigenvalue weighted by atomic mass is 16.2. The summed E-state index contributed by atoms with van der Waals surface area (Å²) in [5, 5.41) is 10.2. The summed E-state index contributed by atoms with van der Waals surface area (Å²) < 4.78 is 0. The number of fused-ring (bicyclic) bond motifs is 3. The van der Waals surface area contributed by atoms with Crippen LogP contribution in [0.5, 0.6) is 0 Å². The van der Waals surface area contributed by atoms with Crippen molar-refractivity contribution in [1.29, 1.82) is 0 Å². The number of anilines is 1. The molecule has 0 radical (unpaired) electrons. The molecule has 138 valence electrons. The molecule has 3 unspecified atom stereocenters. The lowest BCUT2D eigenvalue weighted by Gasteiger charge is -2.32. The first-order chi connectivity index (χ1) is 12.5. The van der Waals surface area contributed by atoms with Crippen molar-refractivity contribution < 1.29 is 9.59 Å². The van der Waals surface area contributed by atoms with Gasteiger partial charge in [0, 0.05) is 17.6 Å². The molecule has 1 aromatic rings. The van der Waals surface area contributed by atoms with Gasteiger partial charge in [-0.15, -0.1) is 0 Å². The van der Waals surface area contributed by atoms with Gasteiger partial charge < -0.3 is 5.32 Å². The van der Waals surface area contributed by atoms with E-state index in [-0.39, 0.29) is 24.4 Å². The van der Waals surface area contributed by atoms with Crippen LogP contribution in [0.2, 0.25) is 0 Å². The Morgan fingerprint density at radius 3 is 2.92 bits per heavy atom. The summed E-state index contributed by atoms with van der Waals surface area (Å²) in [7, 11) is 0. The van der Waals surface area contributed by atoms with E-state index in [2.05, 4.69) is 15.8 Å². The number of amides is 2. The molecular weight excluding hydrogens is 330 g/mol. The summed E-state index contributed by atoms with van der Waals surface area (Å²) in [4.78, 5) is 25.3. The lowest BCUT2D eigenvalue weighted by atomic mass is 9.81. The largest absolute Gasteiger partial charge is 0.324 e. The van der Waals surface area contributed by atoms with Crippen molar-refractivity contribution in [1.82, 2.24) is 15.4 Å². The van der Waals surface area contributed by atoms with Crippen molar-refractivity contribution in [3.63, 3.8) is 0 Å². The second-order valence-electron chi connectivity index (χ2n) is 7.53. The van der Waals surface area contributed by atoms with E-state index in [9.17, 15) is 9.59 Å². The number of nitrogens with zero attached hydrogens (tertiary/aromatic N) is 3. The van der Waals surface area contributed by atoms with Gasteiger partial charge in [0.2, 0.25) is 5.91 Å². The third-order valence-electron chi connectivity index (χ3n) is 5.61. The lowest BCUT2D eigenvalue weighted by molar-refractivity contribution is -0.140. The fourth-order valence-electron chi connectivity index (χ4n) is 4.31. The van der Waals surface area contributed by atoms with Gasteiger partial charge in [0.15, 0.2) is 0 Å². The number of nitrogens with one attached hydrogen (secondary N) is 2. The van der Waals surface area contributed by atoms with Crippen LogP contribution in [0.1, 0.15) is 36.8 Å². The Balaban J connectivity index is 1.43. The topological polar surface area (TPSA) is 77.0 Å². The number of hydrogen-bond acceptors (Lipinski definition) is 5. The van der Waals surface area contributed by atoms with E-state index in [1.165, 1.54) is 11.4 Å². The van der Waals surface area contributed by atoms with Crippen molar-refractivity contribution in [2.45, 2.75) is 51.6 Å². The van der Waals surface area contributed by atoms with Gasteiger partial charge in [0.25, 0.3) is 5.91 Å². The fraction of sp³-hybridized carbons (Fsp3) is 0.526. The highest BCUT2D eigenvalue weighted by molar-refractivity contribution is 5.97. The first kappa shape index (κ1) is 17.0. The Bertz CT molecular complexity index is 762. The van der Waals surface area contributed by atoms with Gasteiger partial charge in [-0.05, 0) is 38.3 Å². The van der Waals surface area contributed by atoms with Crippen LogP contribution in [-0.4, -0.2) is 46.8 Å². The van der Waals surface area contributed by atoms with Crippen LogP contribution in [0, 0.1) is 19.8 Å². The van der Waals surface area contributed by atoms with E-state index in [0.717, 1.165) is 36.1 Å². The van der Waals surface area contributed by atoms with Gasteiger partial charge in [-0.3, -0.25) is 14.6 Å². The van der Waals surface area contributed by atoms with Crippen molar-refractivity contribution in [3.8, 4) is 0 Å². The standard InChI is InChI=1S/C19H25N5O2/c1-12-7-8-15(13(2)9-12)21-17(25)10-23-19(26)18-14-5-3-4-6-16(14)22-24(18)11-20-23/h7-9,11,14,16,18,22H,3-6,10H2,1-2H3,(H,21,25). The monoisotopic (exact) mass is 355 g/mol. The number of hydrazine groups is 1. The van der Waals surface area contributed by atoms with Crippen molar-refractivity contribution in [2.24, 2.45) is 11.0 Å². The molecule has 2 amide bonds. The molecule has 26 heavy (non-hydrogen) atoms. The zero-order valence-corrected chi connectivity index (χ0v) is 15.2. The number of rotatable bonds is 3. The molecule has 4 rings (SSSR count). The third-order valence-corrected chi connectivity index (χ3v) is 5.61. The zero-order valence-electron chi connectivity index (χ0n) is 15.2. The van der Waals surface area contributed by atoms with Crippen LogP contribution in [0.3, 0.4) is 0 Å². The van der Waals surface area contributed by atoms with Crippen LogP contribution in [0.4, 0.5) is 5.69 Å². The average Bonchev–Trinajstić information content (AvgIpc) is 2.99. The number of hydrazone groups is 1. The minimum Gasteiger partial charge on any atom is -0.324 e. The van der Waals surface area contributed by atoms with Crippen LogP contribution in [0.15, 0.2) is 23.3 Å². The highest BCUT2D eigenvalue weighted by Crippen LogP contribution is 2.35. The maximum Gasteiger partial charge on any atom is 0.267 e. The number of carbonyl (C=O) groups is 2. The minimum atomic E-state index is -0.244. The summed E-state index contributed by atoms with van der Waals surface area (Å²) >= 11 is 0. The average molecular weight is 355 g/mol. The Hall–Kier alpha value is -2.41. The molecule has 2 heterocycles. The maximum absolute atomic E-state index is 12.9. The molecule has 1 saturated carbocycles. The Morgan fingerprint density at radius 2 is 2.12 bits per heavy atom. The second-order valence-corrected chi connectivity index (χ2v) is 7.53. The molecule has 0 spiro atoms. The summed E-state index contributed by atoms with van der Waals surface area (Å²) in [6.45, 7) is 3.90. The molecule has 0 aromatic heterocycles. The number of carbonyl (C=O) groups excluding carboxylic acids is 2. The predicted octanol–water partition coefficient (Wildman–Crippen LogP) is 1.78. The lowest BCUT2D eigenvalue weighted by Crippen LogP contribution is -2.53. The smallest absolute Gasteiger partial charge is 0.267 e. The van der Waals surface area contributed by atoms with E-state index in [1.807, 2.05) is 37.1 Å². The molecule has 2 aliphatic heterocycles. The Labute approximate surface area is 153 Å². The first-order valence-electron chi connectivity index (χ1n) is 9.30. The fourth-order valence-corrected chi connectivity index (χ4v) is 4.31. The van der Waals surface area contributed by atoms with Crippen LogP contribution < -0.4 is 10.7 Å². The number of benzene rings is 1. The van der Waals surface area contributed by atoms with E-state index >= 15 is 0 Å². The number of hydrogen-bond donors (Lipinski definition) is 2. The highest BCUT2D eigenvalue weighted by Gasteiger charge is 2.48. The van der Waals surface area contributed by atoms with Crippen molar-refractivity contribution in [2.75, 3.05) is 11.9 Å². The third kappa shape index (κ3) is 3.07. The summed E-state index contributed by atoms with van der Waals surface area (Å²) in [5.41, 5.74) is 6.31. The van der Waals surface area contributed by atoms with E-state index in [1.54, 1.807) is 6.34 Å². The van der Waals surface area contributed by atoms with Gasteiger partial charge in [-0.25, -0.2) is 10.4 Å². The molecule has 1 saturated heterocycles. The molecule has 0 bridgehead atoms. The van der Waals surface area contributed by atoms with E-state index < -0.39 is 0 Å². The molecular formula is C19H25N5O2. The molecule has 3 atom stereocenters. The Kier molecular flexibility index (Phi) is 4.40. The van der Waals surface area contributed by atoms with Crippen molar-refractivity contribution in [3.05, 3.63) is 29.3 Å². The second kappa shape index (κ2) is 6.72. The summed E-state index contributed by atoms with van der Waals surface area (Å²) in [6, 6.07) is 5.96. The molecule has 2 fully saturated rings. The quantitative estimate of drug-likeness (QED) is 0.866. The van der Waals surface area contributed by atoms with Crippen LogP contribution in [-0.2, 0) is 9.59 Å². The van der Waals surface area contributed by atoms with Gasteiger partial charge in [0.05, 0.1) is 0 Å². The predicted molar refractivity (Wildman–Crippen MR) is 99.3 cm³/mol. The zero-order chi connectivity index (χ0) is 18.3. The van der Waals surface area contributed by atoms with Crippen LogP contribution >= 0.6 is 0 Å². The number of aryl methyl sites for hydroxylation is 2. The normalized spacial score (nSPS) is 27.3. The van der Waals surface area contributed by atoms with Gasteiger partial charge in [0.1, 0.15) is 18.9 Å². The van der Waals surface area contributed by atoms with E-state index in [4.69, 9.17) is 0 Å². The molecule has 1 aliphatic carbocycles. The summed E-state index contributed by atoms with van der Waals surface area (Å²) in [6.07, 6.45) is 6.13. The molecule has 7 nitrogen and oxygen atoms in total. The van der Waals surface area contributed by atoms with Crippen LogP contribution in [0.25, 0.3) is 0 Å². The maximum atomic E-state index is 12.9. The molecule has 1 aromatic carbocycles. The van der Waals surface area contributed by atoms with Gasteiger partial charge >= 0.3 is 0 Å². The van der Waals surface area contributed by atoms with Crippen molar-refractivity contribution >= 4 is 23.8 Å².